The molecule has 2 amide bonds. The van der Waals surface area contributed by atoms with E-state index in [4.69, 9.17) is 0 Å². The average molecular weight is 298 g/mol. The van der Waals surface area contributed by atoms with Gasteiger partial charge in [-0.05, 0) is 38.1 Å². The van der Waals surface area contributed by atoms with Crippen molar-refractivity contribution in [2.24, 2.45) is 0 Å². The lowest BCUT2D eigenvalue weighted by Gasteiger charge is -2.07. The fourth-order valence-corrected chi connectivity index (χ4v) is 1.93. The molecule has 6 heteroatoms. The van der Waals surface area contributed by atoms with Crippen molar-refractivity contribution in [1.29, 1.82) is 0 Å². The number of aromatic nitrogens is 2. The summed E-state index contributed by atoms with van der Waals surface area (Å²) < 4.78 is 0. The van der Waals surface area contributed by atoms with Crippen LogP contribution in [0.3, 0.4) is 0 Å². The van der Waals surface area contributed by atoms with Crippen molar-refractivity contribution in [3.63, 3.8) is 0 Å². The van der Waals surface area contributed by atoms with Crippen LogP contribution in [0.15, 0.2) is 36.7 Å². The molecule has 0 saturated heterocycles. The number of hydrogen-bond acceptors (Lipinski definition) is 4. The summed E-state index contributed by atoms with van der Waals surface area (Å²) in [6.45, 7) is 4.37. The van der Waals surface area contributed by atoms with Gasteiger partial charge in [-0.2, -0.15) is 0 Å². The van der Waals surface area contributed by atoms with E-state index in [2.05, 4.69) is 20.6 Å². The normalized spacial score (nSPS) is 10.1. The van der Waals surface area contributed by atoms with Gasteiger partial charge in [0.1, 0.15) is 0 Å². The Morgan fingerprint density at radius 1 is 0.864 bits per heavy atom. The van der Waals surface area contributed by atoms with Gasteiger partial charge in [-0.1, -0.05) is 0 Å². The molecule has 0 aromatic carbocycles. The van der Waals surface area contributed by atoms with Crippen molar-refractivity contribution in [3.8, 4) is 0 Å². The number of carbonyl (C=O) groups excluding carboxylic acids is 2. The summed E-state index contributed by atoms with van der Waals surface area (Å²) >= 11 is 0. The molecule has 0 aliphatic heterocycles. The Bertz CT molecular complexity index is 626. The number of nitrogens with zero attached hydrogens (tertiary/aromatic N) is 2. The summed E-state index contributed by atoms with van der Waals surface area (Å²) in [4.78, 5) is 31.9. The van der Waals surface area contributed by atoms with Gasteiger partial charge in [-0.15, -0.1) is 0 Å². The van der Waals surface area contributed by atoms with E-state index in [0.29, 0.717) is 24.2 Å². The van der Waals surface area contributed by atoms with Gasteiger partial charge in [0.15, 0.2) is 0 Å². The van der Waals surface area contributed by atoms with Crippen LogP contribution in [0.4, 0.5) is 0 Å². The standard InChI is InChI=1S/C16H18N4O2/c1-11-9-13(3-5-17-11)15(21)19-7-8-20-16(22)14-4-6-18-12(2)10-14/h3-6,9-10H,7-8H2,1-2H3,(H,19,21)(H,20,22). The predicted molar refractivity (Wildman–Crippen MR) is 82.6 cm³/mol. The summed E-state index contributed by atoms with van der Waals surface area (Å²) in [7, 11) is 0. The number of aryl methyl sites for hydroxylation is 2. The van der Waals surface area contributed by atoms with Crippen LogP contribution in [-0.2, 0) is 0 Å². The van der Waals surface area contributed by atoms with E-state index in [0.717, 1.165) is 11.4 Å². The first kappa shape index (κ1) is 15.6. The molecule has 0 radical (unpaired) electrons. The molecule has 0 aliphatic rings. The third-order valence-corrected chi connectivity index (χ3v) is 3.01. The smallest absolute Gasteiger partial charge is 0.251 e. The molecule has 2 heterocycles. The largest absolute Gasteiger partial charge is 0.350 e. The van der Waals surface area contributed by atoms with Crippen LogP contribution in [0, 0.1) is 13.8 Å². The molecule has 0 fully saturated rings. The molecule has 6 nitrogen and oxygen atoms in total. The first-order valence-corrected chi connectivity index (χ1v) is 6.98. The van der Waals surface area contributed by atoms with Crippen molar-refractivity contribution in [1.82, 2.24) is 20.6 Å². The number of amides is 2. The van der Waals surface area contributed by atoms with E-state index in [1.54, 1.807) is 36.7 Å². The number of nitrogens with one attached hydrogen (secondary N) is 2. The molecule has 0 bridgehead atoms. The third kappa shape index (κ3) is 4.37. The molecule has 0 saturated carbocycles. The highest BCUT2D eigenvalue weighted by Gasteiger charge is 2.07. The lowest BCUT2D eigenvalue weighted by Crippen LogP contribution is -2.34. The van der Waals surface area contributed by atoms with Crippen molar-refractivity contribution in [2.45, 2.75) is 13.8 Å². The second-order valence-corrected chi connectivity index (χ2v) is 4.88. The van der Waals surface area contributed by atoms with Crippen molar-refractivity contribution in [3.05, 3.63) is 59.2 Å². The minimum atomic E-state index is -0.181. The molecule has 114 valence electrons. The van der Waals surface area contributed by atoms with Gasteiger partial charge in [0.05, 0.1) is 0 Å². The Morgan fingerprint density at radius 3 is 1.64 bits per heavy atom. The molecule has 22 heavy (non-hydrogen) atoms. The van der Waals surface area contributed by atoms with Gasteiger partial charge in [0.2, 0.25) is 0 Å². The quantitative estimate of drug-likeness (QED) is 0.814. The first-order valence-electron chi connectivity index (χ1n) is 6.98. The van der Waals surface area contributed by atoms with Crippen molar-refractivity contribution in [2.75, 3.05) is 13.1 Å². The fraction of sp³-hybridized carbons (Fsp3) is 0.250. The summed E-state index contributed by atoms with van der Waals surface area (Å²) in [6, 6.07) is 6.74. The Balaban J connectivity index is 1.77. The highest BCUT2D eigenvalue weighted by molar-refractivity contribution is 5.95. The van der Waals surface area contributed by atoms with E-state index in [9.17, 15) is 9.59 Å². The highest BCUT2D eigenvalue weighted by Crippen LogP contribution is 2.01. The van der Waals surface area contributed by atoms with Crippen molar-refractivity contribution >= 4 is 11.8 Å². The van der Waals surface area contributed by atoms with Gasteiger partial charge in [0.25, 0.3) is 11.8 Å². The lowest BCUT2D eigenvalue weighted by atomic mass is 10.2. The highest BCUT2D eigenvalue weighted by atomic mass is 16.2. The third-order valence-electron chi connectivity index (χ3n) is 3.01. The van der Waals surface area contributed by atoms with Crippen LogP contribution in [-0.4, -0.2) is 34.9 Å². The van der Waals surface area contributed by atoms with E-state index in [1.165, 1.54) is 0 Å². The molecule has 0 aliphatic carbocycles. The zero-order valence-corrected chi connectivity index (χ0v) is 12.6. The monoisotopic (exact) mass is 298 g/mol. The zero-order valence-electron chi connectivity index (χ0n) is 12.6. The van der Waals surface area contributed by atoms with Crippen LogP contribution in [0.1, 0.15) is 32.1 Å². The van der Waals surface area contributed by atoms with Crippen LogP contribution >= 0.6 is 0 Å². The Morgan fingerprint density at radius 2 is 1.27 bits per heavy atom. The van der Waals surface area contributed by atoms with E-state index in [-0.39, 0.29) is 11.8 Å². The number of pyridine rings is 2. The van der Waals surface area contributed by atoms with E-state index in [1.807, 2.05) is 13.8 Å². The second-order valence-electron chi connectivity index (χ2n) is 4.88. The predicted octanol–water partition coefficient (Wildman–Crippen LogP) is 1.25. The van der Waals surface area contributed by atoms with Gasteiger partial charge in [0, 0.05) is 48.0 Å². The van der Waals surface area contributed by atoms with Crippen molar-refractivity contribution < 1.29 is 9.59 Å². The molecule has 2 aromatic rings. The molecule has 2 N–H and O–H groups in total. The van der Waals surface area contributed by atoms with Gasteiger partial charge in [-0.3, -0.25) is 19.6 Å². The maximum atomic E-state index is 11.9. The molecule has 2 aromatic heterocycles. The fourth-order valence-electron chi connectivity index (χ4n) is 1.93. The zero-order chi connectivity index (χ0) is 15.9. The minimum Gasteiger partial charge on any atom is -0.350 e. The average Bonchev–Trinajstić information content (AvgIpc) is 2.51. The molecular weight excluding hydrogens is 280 g/mol. The van der Waals surface area contributed by atoms with E-state index >= 15 is 0 Å². The van der Waals surface area contributed by atoms with Crippen LogP contribution in [0.25, 0.3) is 0 Å². The molecule has 0 spiro atoms. The maximum absolute atomic E-state index is 11.9. The minimum absolute atomic E-state index is 0.181. The number of rotatable bonds is 5. The number of carbonyl (C=O) groups is 2. The molecule has 0 atom stereocenters. The maximum Gasteiger partial charge on any atom is 0.251 e. The number of hydrogen-bond donors (Lipinski definition) is 2. The SMILES string of the molecule is Cc1cc(C(=O)NCCNC(=O)c2ccnc(C)c2)ccn1. The van der Waals surface area contributed by atoms with Crippen LogP contribution in [0.5, 0.6) is 0 Å². The lowest BCUT2D eigenvalue weighted by molar-refractivity contribution is 0.0927. The molecular formula is C16H18N4O2. The van der Waals surface area contributed by atoms with E-state index < -0.39 is 0 Å². The van der Waals surface area contributed by atoms with Crippen LogP contribution < -0.4 is 10.6 Å². The van der Waals surface area contributed by atoms with Crippen LogP contribution in [0.2, 0.25) is 0 Å². The summed E-state index contributed by atoms with van der Waals surface area (Å²) in [5, 5.41) is 5.50. The Kier molecular flexibility index (Phi) is 5.19. The second kappa shape index (κ2) is 7.31. The van der Waals surface area contributed by atoms with Gasteiger partial charge in [-0.25, -0.2) is 0 Å². The topological polar surface area (TPSA) is 84.0 Å². The first-order chi connectivity index (χ1) is 10.6. The summed E-state index contributed by atoms with van der Waals surface area (Å²) in [5.41, 5.74) is 2.69. The molecule has 2 rings (SSSR count). The summed E-state index contributed by atoms with van der Waals surface area (Å²) in [5.74, 6) is -0.362. The van der Waals surface area contributed by atoms with Gasteiger partial charge < -0.3 is 10.6 Å². The van der Waals surface area contributed by atoms with Gasteiger partial charge >= 0.3 is 0 Å². The Hall–Kier alpha value is -2.76. The molecule has 0 unspecified atom stereocenters. The Labute approximate surface area is 129 Å². The summed E-state index contributed by atoms with van der Waals surface area (Å²) in [6.07, 6.45) is 3.19.